The first-order valence-electron chi connectivity index (χ1n) is 6.51. The smallest absolute Gasteiger partial charge is 0.133 e. The van der Waals surface area contributed by atoms with E-state index in [2.05, 4.69) is 5.32 Å². The van der Waals surface area contributed by atoms with E-state index in [4.69, 9.17) is 0 Å². The lowest BCUT2D eigenvalue weighted by Crippen LogP contribution is -1.92. The number of halogens is 1. The number of hydrogen-bond acceptors (Lipinski definition) is 3. The van der Waals surface area contributed by atoms with Crippen LogP contribution in [0, 0.1) is 5.82 Å². The number of benzene rings is 2. The second-order valence-corrected chi connectivity index (χ2v) is 6.50. The molecular weight excluding hydrogens is 301 g/mol. The molecule has 4 heteroatoms. The lowest BCUT2D eigenvalue weighted by Gasteiger charge is -2.09. The van der Waals surface area contributed by atoms with E-state index in [9.17, 15) is 4.39 Å². The van der Waals surface area contributed by atoms with Crippen LogP contribution in [0.5, 0.6) is 0 Å². The molecule has 0 aliphatic rings. The van der Waals surface area contributed by atoms with E-state index in [0.717, 1.165) is 16.9 Å². The molecule has 3 rings (SSSR count). The van der Waals surface area contributed by atoms with Crippen molar-refractivity contribution in [3.8, 4) is 11.1 Å². The van der Waals surface area contributed by atoms with Gasteiger partial charge in [-0.15, -0.1) is 23.1 Å². The average Bonchev–Trinajstić information content (AvgIpc) is 2.95. The first kappa shape index (κ1) is 14.2. The van der Waals surface area contributed by atoms with Crippen molar-refractivity contribution in [2.24, 2.45) is 0 Å². The highest BCUT2D eigenvalue weighted by Gasteiger charge is 2.08. The van der Waals surface area contributed by atoms with Crippen LogP contribution in [0.3, 0.4) is 0 Å². The zero-order chi connectivity index (χ0) is 14.7. The van der Waals surface area contributed by atoms with Gasteiger partial charge in [-0.05, 0) is 41.5 Å². The maximum Gasteiger partial charge on any atom is 0.133 e. The van der Waals surface area contributed by atoms with Gasteiger partial charge in [-0.25, -0.2) is 4.39 Å². The summed E-state index contributed by atoms with van der Waals surface area (Å²) < 4.78 is 15.5. The Balaban J connectivity index is 1.88. The molecule has 0 saturated carbocycles. The third-order valence-electron chi connectivity index (χ3n) is 3.15. The Kier molecular flexibility index (Phi) is 4.27. The molecule has 2 aromatic carbocycles. The largest absolute Gasteiger partial charge is 0.354 e. The Morgan fingerprint density at radius 2 is 1.86 bits per heavy atom. The van der Waals surface area contributed by atoms with E-state index in [0.29, 0.717) is 5.56 Å². The van der Waals surface area contributed by atoms with E-state index in [1.807, 2.05) is 60.2 Å². The Hall–Kier alpha value is -1.78. The molecule has 1 nitrogen and oxygen atoms in total. The van der Waals surface area contributed by atoms with Gasteiger partial charge in [0.05, 0.1) is 9.90 Å². The number of anilines is 2. The molecule has 0 radical (unpaired) electrons. The summed E-state index contributed by atoms with van der Waals surface area (Å²) in [5, 5.41) is 5.30. The Bertz CT molecular complexity index is 738. The van der Waals surface area contributed by atoms with Crippen LogP contribution in [-0.4, -0.2) is 6.26 Å². The third-order valence-corrected chi connectivity index (χ3v) is 5.23. The van der Waals surface area contributed by atoms with E-state index in [1.165, 1.54) is 4.21 Å². The molecule has 0 aliphatic carbocycles. The summed E-state index contributed by atoms with van der Waals surface area (Å²) in [4.78, 5) is 0. The van der Waals surface area contributed by atoms with Crippen molar-refractivity contribution in [1.29, 1.82) is 0 Å². The summed E-state index contributed by atoms with van der Waals surface area (Å²) >= 11 is 3.37. The van der Waals surface area contributed by atoms with Crippen LogP contribution in [0.25, 0.3) is 11.1 Å². The quantitative estimate of drug-likeness (QED) is 0.591. The minimum Gasteiger partial charge on any atom is -0.354 e. The topological polar surface area (TPSA) is 12.0 Å². The van der Waals surface area contributed by atoms with Gasteiger partial charge in [-0.3, -0.25) is 0 Å². The molecule has 1 aromatic heterocycles. The molecule has 0 bridgehead atoms. The zero-order valence-corrected chi connectivity index (χ0v) is 13.1. The fraction of sp³-hybridized carbons (Fsp3) is 0.0588. The molecular formula is C17H14FNS2. The van der Waals surface area contributed by atoms with Gasteiger partial charge >= 0.3 is 0 Å². The molecule has 3 aromatic rings. The number of nitrogens with one attached hydrogen (secondary N) is 1. The summed E-state index contributed by atoms with van der Waals surface area (Å²) in [6.07, 6.45) is 2.04. The van der Waals surface area contributed by atoms with Crippen LogP contribution in [-0.2, 0) is 0 Å². The second-order valence-electron chi connectivity index (χ2n) is 4.51. The van der Waals surface area contributed by atoms with Crippen LogP contribution in [0.2, 0.25) is 0 Å². The van der Waals surface area contributed by atoms with Gasteiger partial charge in [-0.2, -0.15) is 0 Å². The van der Waals surface area contributed by atoms with Gasteiger partial charge in [0.2, 0.25) is 0 Å². The van der Waals surface area contributed by atoms with Gasteiger partial charge in [0.25, 0.3) is 0 Å². The molecule has 0 aliphatic heterocycles. The molecule has 21 heavy (non-hydrogen) atoms. The van der Waals surface area contributed by atoms with Crippen molar-refractivity contribution in [3.05, 3.63) is 65.8 Å². The minimum atomic E-state index is -0.216. The maximum absolute atomic E-state index is 14.3. The predicted molar refractivity (Wildman–Crippen MR) is 91.2 cm³/mol. The summed E-state index contributed by atoms with van der Waals surface area (Å²) in [6.45, 7) is 0. The lowest BCUT2D eigenvalue weighted by molar-refractivity contribution is 0.632. The van der Waals surface area contributed by atoms with Crippen LogP contribution in [0.1, 0.15) is 0 Å². The number of thiophene rings is 1. The van der Waals surface area contributed by atoms with Gasteiger partial charge in [0.15, 0.2) is 0 Å². The van der Waals surface area contributed by atoms with Crippen molar-refractivity contribution >= 4 is 34.5 Å². The van der Waals surface area contributed by atoms with Gasteiger partial charge < -0.3 is 5.32 Å². The zero-order valence-electron chi connectivity index (χ0n) is 11.5. The Labute approximate surface area is 131 Å². The summed E-state index contributed by atoms with van der Waals surface area (Å²) in [6, 6.07) is 16.9. The SMILES string of the molecule is CSc1sccc1Nc1ccc(-c2ccccc2)c(F)c1. The van der Waals surface area contributed by atoms with Crippen molar-refractivity contribution in [3.63, 3.8) is 0 Å². The number of rotatable bonds is 4. The number of hydrogen-bond donors (Lipinski definition) is 1. The maximum atomic E-state index is 14.3. The molecule has 106 valence electrons. The highest BCUT2D eigenvalue weighted by Crippen LogP contribution is 2.34. The highest BCUT2D eigenvalue weighted by atomic mass is 32.2. The van der Waals surface area contributed by atoms with Crippen LogP contribution in [0.4, 0.5) is 15.8 Å². The van der Waals surface area contributed by atoms with E-state index < -0.39 is 0 Å². The van der Waals surface area contributed by atoms with Crippen molar-refractivity contribution < 1.29 is 4.39 Å². The molecule has 0 spiro atoms. The summed E-state index contributed by atoms with van der Waals surface area (Å²) in [7, 11) is 0. The first-order chi connectivity index (χ1) is 10.3. The molecule has 1 N–H and O–H groups in total. The van der Waals surface area contributed by atoms with Crippen LogP contribution in [0.15, 0.2) is 64.2 Å². The lowest BCUT2D eigenvalue weighted by atomic mass is 10.0. The van der Waals surface area contributed by atoms with Crippen LogP contribution >= 0.6 is 23.1 Å². The molecule has 0 unspecified atom stereocenters. The van der Waals surface area contributed by atoms with Crippen molar-refractivity contribution in [1.82, 2.24) is 0 Å². The highest BCUT2D eigenvalue weighted by molar-refractivity contribution is 8.00. The second kappa shape index (κ2) is 6.33. The van der Waals surface area contributed by atoms with Crippen molar-refractivity contribution in [2.75, 3.05) is 11.6 Å². The molecule has 0 amide bonds. The average molecular weight is 315 g/mol. The van der Waals surface area contributed by atoms with Gasteiger partial charge in [-0.1, -0.05) is 30.3 Å². The van der Waals surface area contributed by atoms with Crippen molar-refractivity contribution in [2.45, 2.75) is 4.21 Å². The molecule has 1 heterocycles. The predicted octanol–water partition coefficient (Wildman–Crippen LogP) is 6.02. The van der Waals surface area contributed by atoms with Gasteiger partial charge in [0, 0.05) is 11.3 Å². The first-order valence-corrected chi connectivity index (χ1v) is 8.62. The van der Waals surface area contributed by atoms with E-state index in [-0.39, 0.29) is 5.82 Å². The fourth-order valence-electron chi connectivity index (χ4n) is 2.15. The van der Waals surface area contributed by atoms with Crippen LogP contribution < -0.4 is 5.32 Å². The summed E-state index contributed by atoms with van der Waals surface area (Å²) in [5.41, 5.74) is 3.30. The minimum absolute atomic E-state index is 0.216. The summed E-state index contributed by atoms with van der Waals surface area (Å²) in [5.74, 6) is -0.216. The standard InChI is InChI=1S/C17H14FNS2/c1-20-17-16(9-10-21-17)19-13-7-8-14(15(18)11-13)12-5-3-2-4-6-12/h2-11,19H,1H3. The molecule has 0 fully saturated rings. The van der Waals surface area contributed by atoms with E-state index in [1.54, 1.807) is 29.2 Å². The number of thioether (sulfide) groups is 1. The fourth-order valence-corrected chi connectivity index (χ4v) is 3.61. The monoisotopic (exact) mass is 315 g/mol. The van der Waals surface area contributed by atoms with E-state index >= 15 is 0 Å². The van der Waals surface area contributed by atoms with Gasteiger partial charge in [0.1, 0.15) is 5.82 Å². The molecule has 0 atom stereocenters. The molecule has 0 saturated heterocycles. The third kappa shape index (κ3) is 3.12. The Morgan fingerprint density at radius 1 is 1.05 bits per heavy atom. The normalized spacial score (nSPS) is 10.6. The Morgan fingerprint density at radius 3 is 2.57 bits per heavy atom.